The number of likely N-dealkylation sites (tertiary alicyclic amines) is 1. The van der Waals surface area contributed by atoms with Crippen LogP contribution < -0.4 is 21.5 Å². The summed E-state index contributed by atoms with van der Waals surface area (Å²) in [6, 6.07) is 7.74. The van der Waals surface area contributed by atoms with E-state index in [1.54, 1.807) is 9.80 Å². The Labute approximate surface area is 334 Å². The van der Waals surface area contributed by atoms with Crippen LogP contribution in [0.15, 0.2) is 48.8 Å². The third-order valence-electron chi connectivity index (χ3n) is 11.2. The van der Waals surface area contributed by atoms with Crippen LogP contribution in [0.4, 0.5) is 28.9 Å². The number of carboxylic acids is 1. The molecule has 58 heavy (non-hydrogen) atoms. The van der Waals surface area contributed by atoms with Gasteiger partial charge in [0.2, 0.25) is 5.91 Å². The molecular formula is C38H41ClF4N10O5. The van der Waals surface area contributed by atoms with E-state index in [1.165, 1.54) is 37.4 Å². The number of piperazine rings is 1. The topological polar surface area (TPSA) is 184 Å². The van der Waals surface area contributed by atoms with Gasteiger partial charge in [-0.05, 0) is 36.4 Å². The number of nitrogen functional groups attached to an aromatic ring is 1. The minimum atomic E-state index is -4.93. The summed E-state index contributed by atoms with van der Waals surface area (Å²) in [6.07, 6.45) is -1.70. The fourth-order valence-corrected chi connectivity index (χ4v) is 8.31. The molecule has 20 heteroatoms. The molecule has 3 aliphatic heterocycles. The molecule has 15 nitrogen and oxygen atoms in total. The van der Waals surface area contributed by atoms with E-state index in [0.717, 1.165) is 47.3 Å². The van der Waals surface area contributed by atoms with E-state index in [0.29, 0.717) is 49.4 Å². The van der Waals surface area contributed by atoms with Crippen molar-refractivity contribution in [1.82, 2.24) is 34.4 Å². The summed E-state index contributed by atoms with van der Waals surface area (Å²) in [5.74, 6) is -3.16. The summed E-state index contributed by atoms with van der Waals surface area (Å²) in [6.45, 7) is 4.84. The smallest absolute Gasteiger partial charge is 0.435 e. The zero-order valence-corrected chi connectivity index (χ0v) is 32.2. The maximum atomic E-state index is 14.6. The number of rotatable bonds is 10. The molecule has 308 valence electrons. The average Bonchev–Trinajstić information content (AvgIpc) is 3.77. The second kappa shape index (κ2) is 16.0. The Morgan fingerprint density at radius 3 is 2.33 bits per heavy atom. The number of carbonyl (C=O) groups excluding carboxylic acids is 4. The molecule has 3 amide bonds. The van der Waals surface area contributed by atoms with Crippen molar-refractivity contribution in [1.29, 1.82) is 0 Å². The van der Waals surface area contributed by atoms with Crippen molar-refractivity contribution in [3.8, 4) is 16.9 Å². The van der Waals surface area contributed by atoms with Gasteiger partial charge in [-0.1, -0.05) is 11.6 Å². The summed E-state index contributed by atoms with van der Waals surface area (Å²) in [5, 5.41) is 21.0. The standard InChI is InChI=1S/C38H41ClF4N10O5/c1-49-31(27-19-52(48-33(27)38(41,42)43)30-5-2-24(44)14-29(30)40)18-46-34(49)35(56)47-25-3-4-26(28(39)15-25)37(58)51-10-8-50(9-11-51)36(57)23-6-12-53(13-7-23,21-32(54)55)20-22-16-45-17-22/h2-5,14-15,18-19,22-23,45H,6-13,16-17,20-21,44H2,1H3,(H-,47,54,55,56,58). The van der Waals surface area contributed by atoms with Gasteiger partial charge >= 0.3 is 6.18 Å². The first-order chi connectivity index (χ1) is 27.5. The molecule has 0 radical (unpaired) electrons. The molecule has 4 aromatic rings. The van der Waals surface area contributed by atoms with Crippen LogP contribution in [0.5, 0.6) is 0 Å². The van der Waals surface area contributed by atoms with Crippen LogP contribution in [-0.4, -0.2) is 123 Å². The molecule has 0 spiro atoms. The van der Waals surface area contributed by atoms with Gasteiger partial charge in [-0.25, -0.2) is 14.1 Å². The number of benzene rings is 2. The molecule has 0 atom stereocenters. The predicted molar refractivity (Wildman–Crippen MR) is 201 cm³/mol. The quantitative estimate of drug-likeness (QED) is 0.123. The van der Waals surface area contributed by atoms with Crippen molar-refractivity contribution in [2.45, 2.75) is 19.0 Å². The van der Waals surface area contributed by atoms with E-state index in [4.69, 9.17) is 17.3 Å². The first kappa shape index (κ1) is 40.7. The van der Waals surface area contributed by atoms with Gasteiger partial charge in [-0.2, -0.15) is 18.3 Å². The molecule has 0 unspecified atom stereocenters. The minimum Gasteiger partial charge on any atom is -0.544 e. The average molecular weight is 829 g/mol. The predicted octanol–water partition coefficient (Wildman–Crippen LogP) is 2.40. The van der Waals surface area contributed by atoms with Crippen LogP contribution in [0.25, 0.3) is 16.9 Å². The van der Waals surface area contributed by atoms with E-state index in [-0.39, 0.29) is 76.5 Å². The largest absolute Gasteiger partial charge is 0.544 e. The van der Waals surface area contributed by atoms with Gasteiger partial charge in [0.25, 0.3) is 11.8 Å². The second-order valence-corrected chi connectivity index (χ2v) is 15.5. The molecule has 3 fully saturated rings. The minimum absolute atomic E-state index is 0.00559. The second-order valence-electron chi connectivity index (χ2n) is 15.1. The zero-order valence-electron chi connectivity index (χ0n) is 31.4. The summed E-state index contributed by atoms with van der Waals surface area (Å²) >= 11 is 6.52. The molecule has 5 heterocycles. The lowest BCUT2D eigenvalue weighted by molar-refractivity contribution is -0.931. The Morgan fingerprint density at radius 2 is 1.72 bits per heavy atom. The number of carboxylic acid groups (broad SMARTS) is 1. The van der Waals surface area contributed by atoms with Crippen LogP contribution in [-0.2, 0) is 22.8 Å². The fraction of sp³-hybridized carbons (Fsp3) is 0.421. The summed E-state index contributed by atoms with van der Waals surface area (Å²) in [7, 11) is 1.34. The van der Waals surface area contributed by atoms with Crippen LogP contribution in [0.3, 0.4) is 0 Å². The number of amides is 3. The van der Waals surface area contributed by atoms with Gasteiger partial charge in [0.05, 0.1) is 53.6 Å². The summed E-state index contributed by atoms with van der Waals surface area (Å²) in [4.78, 5) is 59.2. The first-order valence-electron chi connectivity index (χ1n) is 18.7. The number of carbonyl (C=O) groups is 4. The number of anilines is 2. The SMILES string of the molecule is Cn1c(-c2cn(-c3ccc(N)cc3F)nc2C(F)(F)F)cnc1C(=O)Nc1ccc(C(=O)N2CCN(C(=O)C3CC[N+](CC(=O)[O-])(CC4CNC4)CC3)CC2)c(Cl)c1. The molecule has 7 rings (SSSR count). The summed E-state index contributed by atoms with van der Waals surface area (Å²) in [5.41, 5.74) is 3.86. The number of nitrogens with two attached hydrogens (primary N) is 1. The van der Waals surface area contributed by atoms with Crippen molar-refractivity contribution >= 4 is 46.7 Å². The maximum absolute atomic E-state index is 14.6. The van der Waals surface area contributed by atoms with E-state index in [2.05, 4.69) is 20.7 Å². The molecule has 0 bridgehead atoms. The lowest BCUT2D eigenvalue weighted by atomic mass is 9.90. The van der Waals surface area contributed by atoms with Crippen molar-refractivity contribution in [2.75, 3.05) is 76.5 Å². The number of aliphatic carboxylic acids is 1. The van der Waals surface area contributed by atoms with Crippen LogP contribution in [0.1, 0.15) is 39.5 Å². The van der Waals surface area contributed by atoms with Crippen LogP contribution in [0.2, 0.25) is 5.02 Å². The Hall–Kier alpha value is -5.53. The number of imidazole rings is 1. The fourth-order valence-electron chi connectivity index (χ4n) is 8.05. The van der Waals surface area contributed by atoms with Gasteiger partial charge in [-0.15, -0.1) is 0 Å². The molecule has 4 N–H and O–H groups in total. The third-order valence-corrected chi connectivity index (χ3v) is 11.5. The number of nitrogens with one attached hydrogen (secondary N) is 2. The van der Waals surface area contributed by atoms with Crippen LogP contribution in [0, 0.1) is 17.7 Å². The Kier molecular flexibility index (Phi) is 11.2. The van der Waals surface area contributed by atoms with Gasteiger partial charge in [-0.3, -0.25) is 14.4 Å². The number of halogens is 5. The van der Waals surface area contributed by atoms with Crippen LogP contribution >= 0.6 is 11.6 Å². The number of quaternary nitrogens is 1. The van der Waals surface area contributed by atoms with Crippen molar-refractivity contribution in [2.24, 2.45) is 18.9 Å². The monoisotopic (exact) mass is 828 g/mol. The molecular weight excluding hydrogens is 788 g/mol. The van der Waals surface area contributed by atoms with Gasteiger partial charge in [0.1, 0.15) is 12.2 Å². The van der Waals surface area contributed by atoms with Gasteiger partial charge in [0, 0.05) is 88.6 Å². The molecule has 2 aromatic heterocycles. The summed E-state index contributed by atoms with van der Waals surface area (Å²) < 4.78 is 59.2. The maximum Gasteiger partial charge on any atom is 0.435 e. The number of alkyl halides is 3. The van der Waals surface area contributed by atoms with E-state index >= 15 is 0 Å². The molecule has 0 saturated carbocycles. The Bertz CT molecular complexity index is 2240. The Morgan fingerprint density at radius 1 is 1.03 bits per heavy atom. The Balaban J connectivity index is 0.962. The molecule has 2 aromatic carbocycles. The lowest BCUT2D eigenvalue weighted by Crippen LogP contribution is -2.63. The molecule has 3 saturated heterocycles. The highest BCUT2D eigenvalue weighted by atomic mass is 35.5. The number of aromatic nitrogens is 4. The van der Waals surface area contributed by atoms with Gasteiger partial charge < -0.3 is 45.1 Å². The van der Waals surface area contributed by atoms with E-state index < -0.39 is 35.1 Å². The number of nitrogens with zero attached hydrogens (tertiary/aromatic N) is 7. The van der Waals surface area contributed by atoms with Crippen molar-refractivity contribution in [3.63, 3.8) is 0 Å². The highest BCUT2D eigenvalue weighted by Crippen LogP contribution is 2.37. The molecule has 3 aliphatic rings. The van der Waals surface area contributed by atoms with Crippen molar-refractivity contribution in [3.05, 3.63) is 76.7 Å². The first-order valence-corrected chi connectivity index (χ1v) is 19.1. The van der Waals surface area contributed by atoms with Gasteiger partial charge in [0.15, 0.2) is 17.3 Å². The lowest BCUT2D eigenvalue weighted by Gasteiger charge is -2.47. The van der Waals surface area contributed by atoms with E-state index in [1.807, 2.05) is 0 Å². The van der Waals surface area contributed by atoms with E-state index in [9.17, 15) is 41.8 Å². The van der Waals surface area contributed by atoms with Crippen molar-refractivity contribution < 1.29 is 46.3 Å². The highest BCUT2D eigenvalue weighted by molar-refractivity contribution is 6.34. The number of hydrogen-bond donors (Lipinski definition) is 3. The normalized spacial score (nSPS) is 20.1. The number of hydrogen-bond acceptors (Lipinski definition) is 9. The zero-order chi connectivity index (χ0) is 41.5. The number of piperidine rings is 1. The third kappa shape index (κ3) is 8.37. The highest BCUT2D eigenvalue weighted by Gasteiger charge is 2.42. The molecule has 0 aliphatic carbocycles.